The van der Waals surface area contributed by atoms with Gasteiger partial charge in [0.15, 0.2) is 6.61 Å². The fraction of sp³-hybridized carbons (Fsp3) is 0.250. The summed E-state index contributed by atoms with van der Waals surface area (Å²) in [5.74, 6) is -4.40. The van der Waals surface area contributed by atoms with E-state index in [1.54, 1.807) is 12.1 Å². The Balaban J connectivity index is 1.54. The van der Waals surface area contributed by atoms with Crippen molar-refractivity contribution in [2.45, 2.75) is 13.3 Å². The molecular weight excluding hydrogens is 370 g/mol. The van der Waals surface area contributed by atoms with Gasteiger partial charge >= 0.3 is 5.97 Å². The minimum Gasteiger partial charge on any atom is -0.455 e. The number of benzene rings is 2. The van der Waals surface area contributed by atoms with Crippen LogP contribution in [0.1, 0.15) is 12.0 Å². The van der Waals surface area contributed by atoms with Gasteiger partial charge in [0.1, 0.15) is 17.3 Å². The number of nitrogens with one attached hydrogen (secondary N) is 1. The van der Waals surface area contributed by atoms with Crippen LogP contribution >= 0.6 is 0 Å². The Morgan fingerprint density at radius 2 is 1.79 bits per heavy atom. The smallest absolute Gasteiger partial charge is 0.311 e. The molecule has 1 N–H and O–H groups in total. The zero-order valence-corrected chi connectivity index (χ0v) is 15.1. The topological polar surface area (TPSA) is 75.7 Å². The van der Waals surface area contributed by atoms with Crippen LogP contribution in [0.15, 0.2) is 42.5 Å². The first-order chi connectivity index (χ1) is 13.3. The zero-order chi connectivity index (χ0) is 20.3. The molecule has 1 heterocycles. The third kappa shape index (κ3) is 4.33. The number of esters is 1. The quantitative estimate of drug-likeness (QED) is 0.800. The van der Waals surface area contributed by atoms with Crippen LogP contribution in [0.25, 0.3) is 0 Å². The molecule has 8 heteroatoms. The van der Waals surface area contributed by atoms with Crippen LogP contribution in [0.4, 0.5) is 20.2 Å². The lowest BCUT2D eigenvalue weighted by Crippen LogP contribution is -2.28. The Morgan fingerprint density at radius 3 is 2.43 bits per heavy atom. The number of rotatable bonds is 5. The normalized spacial score (nSPS) is 16.2. The number of aryl methyl sites for hydroxylation is 1. The Morgan fingerprint density at radius 1 is 1.14 bits per heavy atom. The molecule has 1 aliphatic heterocycles. The molecule has 6 nitrogen and oxygen atoms in total. The largest absolute Gasteiger partial charge is 0.455 e. The van der Waals surface area contributed by atoms with Gasteiger partial charge in [-0.3, -0.25) is 14.4 Å². The standard InChI is InChI=1S/C20H18F2N2O4/c1-12-5-7-14(8-6-12)24-10-13(9-18(24)26)20(27)28-11-17(25)23-19-15(21)3-2-4-16(19)22/h2-8,13H,9-11H2,1H3,(H,23,25)/t13-/m1/s1. The molecule has 1 fully saturated rings. The highest BCUT2D eigenvalue weighted by Gasteiger charge is 2.36. The van der Waals surface area contributed by atoms with Crippen molar-refractivity contribution in [3.8, 4) is 0 Å². The van der Waals surface area contributed by atoms with E-state index in [1.165, 1.54) is 4.90 Å². The number of carbonyl (C=O) groups is 3. The van der Waals surface area contributed by atoms with Crippen molar-refractivity contribution in [2.24, 2.45) is 5.92 Å². The van der Waals surface area contributed by atoms with Gasteiger partial charge in [-0.25, -0.2) is 8.78 Å². The summed E-state index contributed by atoms with van der Waals surface area (Å²) in [6, 6.07) is 10.5. The average molecular weight is 388 g/mol. The summed E-state index contributed by atoms with van der Waals surface area (Å²) in [5, 5.41) is 2.03. The summed E-state index contributed by atoms with van der Waals surface area (Å²) in [6.45, 7) is 1.36. The van der Waals surface area contributed by atoms with Gasteiger partial charge in [0.05, 0.1) is 5.92 Å². The summed E-state index contributed by atoms with van der Waals surface area (Å²) < 4.78 is 32.0. The molecule has 0 saturated carbocycles. The third-order valence-corrected chi connectivity index (χ3v) is 4.38. The predicted molar refractivity (Wildman–Crippen MR) is 97.6 cm³/mol. The van der Waals surface area contributed by atoms with Crippen LogP contribution in [0.2, 0.25) is 0 Å². The maximum Gasteiger partial charge on any atom is 0.311 e. The molecule has 1 atom stereocenters. The van der Waals surface area contributed by atoms with E-state index in [2.05, 4.69) is 0 Å². The molecule has 2 aromatic carbocycles. The monoisotopic (exact) mass is 388 g/mol. The Hall–Kier alpha value is -3.29. The van der Waals surface area contributed by atoms with Gasteiger partial charge in [0, 0.05) is 18.7 Å². The summed E-state index contributed by atoms with van der Waals surface area (Å²) in [7, 11) is 0. The molecular formula is C20H18F2N2O4. The number of amides is 2. The molecule has 28 heavy (non-hydrogen) atoms. The van der Waals surface area contributed by atoms with Crippen LogP contribution in [0.5, 0.6) is 0 Å². The van der Waals surface area contributed by atoms with Crippen LogP contribution in [-0.2, 0) is 19.1 Å². The van der Waals surface area contributed by atoms with Crippen molar-refractivity contribution in [1.82, 2.24) is 0 Å². The Bertz CT molecular complexity index is 895. The van der Waals surface area contributed by atoms with Gasteiger partial charge in [0.2, 0.25) is 5.91 Å². The highest BCUT2D eigenvalue weighted by atomic mass is 19.1. The van der Waals surface area contributed by atoms with E-state index in [0.717, 1.165) is 23.8 Å². The fourth-order valence-electron chi connectivity index (χ4n) is 2.89. The van der Waals surface area contributed by atoms with Gasteiger partial charge < -0.3 is 15.0 Å². The molecule has 0 bridgehead atoms. The van der Waals surface area contributed by atoms with Crippen molar-refractivity contribution >= 4 is 29.2 Å². The van der Waals surface area contributed by atoms with Crippen LogP contribution in [-0.4, -0.2) is 30.9 Å². The molecule has 0 unspecified atom stereocenters. The van der Waals surface area contributed by atoms with Crippen molar-refractivity contribution < 1.29 is 27.9 Å². The van der Waals surface area contributed by atoms with E-state index in [0.29, 0.717) is 5.69 Å². The SMILES string of the molecule is Cc1ccc(N2C[C@H](C(=O)OCC(=O)Nc3c(F)cccc3F)CC2=O)cc1. The maximum absolute atomic E-state index is 13.5. The molecule has 0 aromatic heterocycles. The molecule has 2 aromatic rings. The number of para-hydroxylation sites is 1. The molecule has 0 spiro atoms. The van der Waals surface area contributed by atoms with E-state index < -0.39 is 41.7 Å². The summed E-state index contributed by atoms with van der Waals surface area (Å²) in [4.78, 5) is 37.7. The van der Waals surface area contributed by atoms with Crippen molar-refractivity contribution in [3.63, 3.8) is 0 Å². The first-order valence-corrected chi connectivity index (χ1v) is 8.62. The van der Waals surface area contributed by atoms with Crippen molar-refractivity contribution in [3.05, 3.63) is 59.7 Å². The van der Waals surface area contributed by atoms with Crippen LogP contribution in [0.3, 0.4) is 0 Å². The first kappa shape index (κ1) is 19.5. The van der Waals surface area contributed by atoms with E-state index in [1.807, 2.05) is 24.4 Å². The number of anilines is 2. The molecule has 146 valence electrons. The van der Waals surface area contributed by atoms with E-state index in [9.17, 15) is 23.2 Å². The second-order valence-electron chi connectivity index (χ2n) is 6.49. The minimum atomic E-state index is -0.935. The Kier molecular flexibility index (Phi) is 5.67. The number of nitrogens with zero attached hydrogens (tertiary/aromatic N) is 1. The Labute approximate surface area is 160 Å². The number of carbonyl (C=O) groups excluding carboxylic acids is 3. The molecule has 1 saturated heterocycles. The number of halogens is 2. The maximum atomic E-state index is 13.5. The van der Waals surface area contributed by atoms with Gasteiger partial charge in [-0.2, -0.15) is 0 Å². The summed E-state index contributed by atoms with van der Waals surface area (Å²) >= 11 is 0. The lowest BCUT2D eigenvalue weighted by atomic mass is 10.1. The zero-order valence-electron chi connectivity index (χ0n) is 15.1. The van der Waals surface area contributed by atoms with E-state index in [4.69, 9.17) is 4.74 Å². The van der Waals surface area contributed by atoms with Gasteiger partial charge in [-0.15, -0.1) is 0 Å². The van der Waals surface area contributed by atoms with Gasteiger partial charge in [-0.05, 0) is 31.2 Å². The average Bonchev–Trinajstić information content (AvgIpc) is 3.05. The minimum absolute atomic E-state index is 0.0315. The van der Waals surface area contributed by atoms with E-state index >= 15 is 0 Å². The number of ether oxygens (including phenoxy) is 1. The number of hydrogen-bond acceptors (Lipinski definition) is 4. The highest BCUT2D eigenvalue weighted by molar-refractivity contribution is 6.00. The van der Waals surface area contributed by atoms with Gasteiger partial charge in [-0.1, -0.05) is 23.8 Å². The summed E-state index contributed by atoms with van der Waals surface area (Å²) in [5.41, 5.74) is 1.12. The van der Waals surface area contributed by atoms with Crippen LogP contribution in [0, 0.1) is 24.5 Å². The molecule has 0 aliphatic carbocycles. The predicted octanol–water partition coefficient (Wildman–Crippen LogP) is 2.81. The highest BCUT2D eigenvalue weighted by Crippen LogP contribution is 2.26. The van der Waals surface area contributed by atoms with E-state index in [-0.39, 0.29) is 18.9 Å². The third-order valence-electron chi connectivity index (χ3n) is 4.38. The lowest BCUT2D eigenvalue weighted by molar-refractivity contribution is -0.151. The van der Waals surface area contributed by atoms with Crippen molar-refractivity contribution in [2.75, 3.05) is 23.4 Å². The lowest BCUT2D eigenvalue weighted by Gasteiger charge is -2.16. The molecule has 1 aliphatic rings. The molecule has 0 radical (unpaired) electrons. The first-order valence-electron chi connectivity index (χ1n) is 8.62. The fourth-order valence-corrected chi connectivity index (χ4v) is 2.89. The second-order valence-corrected chi connectivity index (χ2v) is 6.49. The summed E-state index contributed by atoms with van der Waals surface area (Å²) in [6.07, 6.45) is -0.0315. The second kappa shape index (κ2) is 8.16. The van der Waals surface area contributed by atoms with Crippen molar-refractivity contribution in [1.29, 1.82) is 0 Å². The van der Waals surface area contributed by atoms with Crippen LogP contribution < -0.4 is 10.2 Å². The molecule has 2 amide bonds. The van der Waals surface area contributed by atoms with Gasteiger partial charge in [0.25, 0.3) is 5.91 Å². The number of hydrogen-bond donors (Lipinski definition) is 1. The molecule has 3 rings (SSSR count).